The Balaban J connectivity index is 6.34. The van der Waals surface area contributed by atoms with Gasteiger partial charge in [-0.1, -0.05) is 5.57 Å². The summed E-state index contributed by atoms with van der Waals surface area (Å²) in [7, 11) is -17.4. The summed E-state index contributed by atoms with van der Waals surface area (Å²) < 4.78 is 29.7. The van der Waals surface area contributed by atoms with E-state index in [1.807, 2.05) is 0 Å². The SMILES string of the molecule is C=C(C)CC(P(=O)(O)O)(P(=O)(O)O)P(=O)(O)O. The molecule has 0 amide bonds. The predicted molar refractivity (Wildman–Crippen MR) is 58.3 cm³/mol. The maximum absolute atomic E-state index is 11.2. The third-order valence-corrected chi connectivity index (χ3v) is 9.90. The van der Waals surface area contributed by atoms with E-state index in [2.05, 4.69) is 6.58 Å². The standard InChI is InChI=1S/C5H13O9P3/c1-4(2)3-5(15(6,7)8,16(9,10)11)17(12,13)14/h1,3H2,2H3,(H2,6,7,8)(H2,9,10,11)(H2,12,13,14). The highest BCUT2D eigenvalue weighted by Gasteiger charge is 2.71. The molecule has 0 radical (unpaired) electrons. The van der Waals surface area contributed by atoms with Gasteiger partial charge in [-0.2, -0.15) is 0 Å². The van der Waals surface area contributed by atoms with Crippen LogP contribution in [0.1, 0.15) is 13.3 Å². The van der Waals surface area contributed by atoms with Crippen LogP contribution in [0.25, 0.3) is 0 Å². The van der Waals surface area contributed by atoms with E-state index < -0.39 is 33.8 Å². The minimum Gasteiger partial charge on any atom is -0.323 e. The van der Waals surface area contributed by atoms with Gasteiger partial charge in [-0.05, 0) is 6.92 Å². The molecule has 0 aromatic heterocycles. The summed E-state index contributed by atoms with van der Waals surface area (Å²) in [6, 6.07) is 0. The first-order valence-corrected chi connectivity index (χ1v) is 8.82. The fourth-order valence-electron chi connectivity index (χ4n) is 1.22. The first kappa shape index (κ1) is 17.2. The normalized spacial score (nSPS) is 14.8. The molecule has 0 saturated heterocycles. The summed E-state index contributed by atoms with van der Waals surface area (Å²) in [6.07, 6.45) is -1.19. The minimum absolute atomic E-state index is 0.181. The lowest BCUT2D eigenvalue weighted by Crippen LogP contribution is -2.29. The van der Waals surface area contributed by atoms with Crippen LogP contribution in [-0.2, 0) is 13.7 Å². The Labute approximate surface area is 96.7 Å². The van der Waals surface area contributed by atoms with Gasteiger partial charge in [0, 0.05) is 6.42 Å². The Morgan fingerprint density at radius 1 is 0.941 bits per heavy atom. The second kappa shape index (κ2) is 4.70. The Kier molecular flexibility index (Phi) is 4.75. The van der Waals surface area contributed by atoms with Crippen LogP contribution in [0, 0.1) is 0 Å². The largest absolute Gasteiger partial charge is 0.356 e. The van der Waals surface area contributed by atoms with Gasteiger partial charge in [0.05, 0.1) is 0 Å². The van der Waals surface area contributed by atoms with Crippen molar-refractivity contribution in [3.05, 3.63) is 12.2 Å². The molecule has 0 heterocycles. The van der Waals surface area contributed by atoms with Crippen molar-refractivity contribution in [2.45, 2.75) is 18.0 Å². The van der Waals surface area contributed by atoms with E-state index in [-0.39, 0.29) is 5.57 Å². The van der Waals surface area contributed by atoms with Gasteiger partial charge in [-0.25, -0.2) is 0 Å². The van der Waals surface area contributed by atoms with Crippen LogP contribution in [0.4, 0.5) is 0 Å². The molecule has 0 rings (SSSR count). The molecule has 102 valence electrons. The van der Waals surface area contributed by atoms with Crippen LogP contribution < -0.4 is 0 Å². The van der Waals surface area contributed by atoms with E-state index in [0.717, 1.165) is 6.92 Å². The van der Waals surface area contributed by atoms with E-state index in [1.165, 1.54) is 0 Å². The van der Waals surface area contributed by atoms with E-state index in [1.54, 1.807) is 0 Å². The van der Waals surface area contributed by atoms with Crippen molar-refractivity contribution >= 4 is 22.8 Å². The molecule has 0 atom stereocenters. The van der Waals surface area contributed by atoms with Gasteiger partial charge in [0.1, 0.15) is 0 Å². The molecule has 12 heteroatoms. The van der Waals surface area contributed by atoms with Crippen molar-refractivity contribution in [2.24, 2.45) is 0 Å². The van der Waals surface area contributed by atoms with Crippen LogP contribution in [0.3, 0.4) is 0 Å². The molecular formula is C5H13O9P3. The molecule has 0 fully saturated rings. The van der Waals surface area contributed by atoms with Crippen LogP contribution in [0.2, 0.25) is 0 Å². The highest BCUT2D eigenvalue weighted by molar-refractivity contribution is 7.88. The van der Waals surface area contributed by atoms with E-state index in [4.69, 9.17) is 29.4 Å². The smallest absolute Gasteiger partial charge is 0.323 e. The first-order valence-electron chi connectivity index (χ1n) is 3.98. The molecule has 17 heavy (non-hydrogen) atoms. The van der Waals surface area contributed by atoms with Crippen LogP contribution >= 0.6 is 22.8 Å². The number of allylic oxidation sites excluding steroid dienone is 1. The monoisotopic (exact) mass is 310 g/mol. The molecule has 0 aliphatic rings. The van der Waals surface area contributed by atoms with Gasteiger partial charge in [-0.3, -0.25) is 13.7 Å². The predicted octanol–water partition coefficient (Wildman–Crippen LogP) is 0.139. The number of hydrogen-bond acceptors (Lipinski definition) is 3. The second-order valence-corrected chi connectivity index (χ2v) is 10.2. The molecule has 9 nitrogen and oxygen atoms in total. The average molecular weight is 310 g/mol. The Morgan fingerprint density at radius 2 is 1.18 bits per heavy atom. The lowest BCUT2D eigenvalue weighted by Gasteiger charge is -2.34. The maximum atomic E-state index is 11.2. The Morgan fingerprint density at radius 3 is 1.24 bits per heavy atom. The molecule has 0 unspecified atom stereocenters. The first-order chi connectivity index (χ1) is 7.17. The molecular weight excluding hydrogens is 297 g/mol. The lowest BCUT2D eigenvalue weighted by atomic mass is 10.3. The summed E-state index contributed by atoms with van der Waals surface area (Å²) >= 11 is 0. The molecule has 0 spiro atoms. The molecule has 6 N–H and O–H groups in total. The second-order valence-electron chi connectivity index (χ2n) is 3.54. The molecule has 0 aromatic carbocycles. The summed E-state index contributed by atoms with van der Waals surface area (Å²) in [5.41, 5.74) is -0.181. The summed E-state index contributed by atoms with van der Waals surface area (Å²) in [4.78, 5) is 53.6. The van der Waals surface area contributed by atoms with Gasteiger partial charge in [-0.15, -0.1) is 6.58 Å². The number of rotatable bonds is 5. The van der Waals surface area contributed by atoms with Gasteiger partial charge in [0.25, 0.3) is 4.64 Å². The Bertz CT molecular complexity index is 394. The van der Waals surface area contributed by atoms with Gasteiger partial charge < -0.3 is 29.4 Å². The topological polar surface area (TPSA) is 173 Å². The van der Waals surface area contributed by atoms with Gasteiger partial charge in [0.2, 0.25) is 0 Å². The molecule has 0 aliphatic heterocycles. The lowest BCUT2D eigenvalue weighted by molar-refractivity contribution is 0.299. The summed E-state index contributed by atoms with van der Waals surface area (Å²) in [5.74, 6) is 0. The summed E-state index contributed by atoms with van der Waals surface area (Å²) in [6.45, 7) is 4.29. The van der Waals surface area contributed by atoms with Crippen LogP contribution in [0.5, 0.6) is 0 Å². The molecule has 0 bridgehead atoms. The molecule has 0 aliphatic carbocycles. The zero-order chi connectivity index (χ0) is 14.3. The third-order valence-electron chi connectivity index (χ3n) is 1.94. The number of hydrogen-bond donors (Lipinski definition) is 6. The Hall–Kier alpha value is 0.190. The average Bonchev–Trinajstić information content (AvgIpc) is 1.91. The van der Waals surface area contributed by atoms with Crippen molar-refractivity contribution in [2.75, 3.05) is 0 Å². The van der Waals surface area contributed by atoms with Gasteiger partial charge in [0.15, 0.2) is 0 Å². The summed E-state index contributed by atoms with van der Waals surface area (Å²) in [5, 5.41) is 0. The molecule has 0 aromatic rings. The third kappa shape index (κ3) is 3.15. The quantitative estimate of drug-likeness (QED) is 0.305. The fraction of sp³-hybridized carbons (Fsp3) is 0.600. The van der Waals surface area contributed by atoms with Crippen LogP contribution in [0.15, 0.2) is 12.2 Å². The zero-order valence-electron chi connectivity index (χ0n) is 8.66. The highest BCUT2D eigenvalue weighted by Crippen LogP contribution is 2.84. The van der Waals surface area contributed by atoms with Crippen molar-refractivity contribution in [3.8, 4) is 0 Å². The van der Waals surface area contributed by atoms with E-state index in [9.17, 15) is 13.7 Å². The van der Waals surface area contributed by atoms with Crippen molar-refractivity contribution in [1.29, 1.82) is 0 Å². The van der Waals surface area contributed by atoms with E-state index in [0.29, 0.717) is 0 Å². The van der Waals surface area contributed by atoms with Crippen molar-refractivity contribution < 1.29 is 43.1 Å². The zero-order valence-corrected chi connectivity index (χ0v) is 11.3. The highest BCUT2D eigenvalue weighted by atomic mass is 31.3. The minimum atomic E-state index is -5.79. The van der Waals surface area contributed by atoms with Crippen molar-refractivity contribution in [1.82, 2.24) is 0 Å². The van der Waals surface area contributed by atoms with Gasteiger partial charge >= 0.3 is 22.8 Å². The fourth-order valence-corrected chi connectivity index (χ4v) is 6.72. The maximum Gasteiger partial charge on any atom is 0.356 e. The molecule has 0 saturated carbocycles. The van der Waals surface area contributed by atoms with Crippen LogP contribution in [-0.4, -0.2) is 34.0 Å². The van der Waals surface area contributed by atoms with E-state index >= 15 is 0 Å². The van der Waals surface area contributed by atoms with Crippen molar-refractivity contribution in [3.63, 3.8) is 0 Å².